The van der Waals surface area contributed by atoms with Crippen molar-refractivity contribution in [2.45, 2.75) is 50.4 Å². The van der Waals surface area contributed by atoms with Gasteiger partial charge in [-0.25, -0.2) is 4.98 Å². The molecule has 1 atom stereocenters. The van der Waals surface area contributed by atoms with Gasteiger partial charge in [0.25, 0.3) is 5.56 Å². The third kappa shape index (κ3) is 3.60. The van der Waals surface area contributed by atoms with Crippen molar-refractivity contribution >= 4 is 44.9 Å². The molecule has 0 bridgehead atoms. The number of aromatic nitrogens is 2. The quantitative estimate of drug-likeness (QED) is 0.419. The Morgan fingerprint density at radius 2 is 2.16 bits per heavy atom. The zero-order valence-corrected chi connectivity index (χ0v) is 19.4. The Morgan fingerprint density at radius 1 is 1.32 bits per heavy atom. The zero-order chi connectivity index (χ0) is 21.5. The summed E-state index contributed by atoms with van der Waals surface area (Å²) in [6, 6.07) is 8.21. The summed E-state index contributed by atoms with van der Waals surface area (Å²) in [4.78, 5) is 35.3. The van der Waals surface area contributed by atoms with Crippen molar-refractivity contribution in [3.8, 4) is 0 Å². The highest BCUT2D eigenvalue weighted by Crippen LogP contribution is 2.36. The van der Waals surface area contributed by atoms with E-state index in [2.05, 4.69) is 13.0 Å². The molecule has 0 spiro atoms. The van der Waals surface area contributed by atoms with Crippen LogP contribution in [0.5, 0.6) is 0 Å². The van der Waals surface area contributed by atoms with Crippen LogP contribution in [0.4, 0.5) is 5.69 Å². The maximum Gasteiger partial charge on any atom is 0.263 e. The molecule has 5 rings (SSSR count). The summed E-state index contributed by atoms with van der Waals surface area (Å²) in [5.74, 6) is 0.290. The van der Waals surface area contributed by atoms with Gasteiger partial charge in [-0.15, -0.1) is 11.3 Å². The highest BCUT2D eigenvalue weighted by molar-refractivity contribution is 7.99. The van der Waals surface area contributed by atoms with Gasteiger partial charge in [0.2, 0.25) is 5.91 Å². The predicted molar refractivity (Wildman–Crippen MR) is 126 cm³/mol. The normalized spacial score (nSPS) is 17.4. The Morgan fingerprint density at radius 3 is 3.00 bits per heavy atom. The zero-order valence-electron chi connectivity index (χ0n) is 17.7. The van der Waals surface area contributed by atoms with Crippen molar-refractivity contribution in [2.75, 3.05) is 24.4 Å². The minimum absolute atomic E-state index is 0.00344. The van der Waals surface area contributed by atoms with Crippen molar-refractivity contribution in [3.05, 3.63) is 50.6 Å². The number of carbonyl (C=O) groups is 1. The van der Waals surface area contributed by atoms with Crippen LogP contribution in [0, 0.1) is 0 Å². The van der Waals surface area contributed by atoms with Gasteiger partial charge in [-0.1, -0.05) is 30.0 Å². The molecule has 3 aromatic rings. The molecule has 1 unspecified atom stereocenters. The Bertz CT molecular complexity index is 1220. The molecule has 2 aliphatic rings. The molecule has 2 aromatic heterocycles. The number of hydrogen-bond donors (Lipinski definition) is 0. The van der Waals surface area contributed by atoms with E-state index in [1.807, 2.05) is 23.1 Å². The molecule has 0 fully saturated rings. The molecule has 6 nitrogen and oxygen atoms in total. The number of methoxy groups -OCH3 is 1. The molecule has 0 N–H and O–H groups in total. The van der Waals surface area contributed by atoms with E-state index in [-0.39, 0.29) is 23.3 Å². The summed E-state index contributed by atoms with van der Waals surface area (Å²) in [6.45, 7) is 2.94. The Labute approximate surface area is 189 Å². The van der Waals surface area contributed by atoms with E-state index in [1.54, 1.807) is 23.0 Å². The molecule has 0 saturated heterocycles. The lowest BCUT2D eigenvalue weighted by Crippen LogP contribution is -2.37. The standard InChI is InChI=1S/C23H25N3O3S2/c1-14-12-15-6-3-4-8-17(15)26(14)19(27)13-30-23-24-21-20(16-7-5-9-18(16)31-21)22(28)25(23)10-11-29-2/h3-4,6,8,14H,5,7,9-13H2,1-2H3. The highest BCUT2D eigenvalue weighted by atomic mass is 32.2. The van der Waals surface area contributed by atoms with Crippen LogP contribution in [-0.4, -0.2) is 41.0 Å². The van der Waals surface area contributed by atoms with E-state index in [1.165, 1.54) is 27.8 Å². The summed E-state index contributed by atoms with van der Waals surface area (Å²) < 4.78 is 6.92. The molecule has 0 saturated carbocycles. The van der Waals surface area contributed by atoms with Gasteiger partial charge in [-0.3, -0.25) is 14.2 Å². The maximum atomic E-state index is 13.4. The third-order valence-electron chi connectivity index (χ3n) is 6.11. The monoisotopic (exact) mass is 455 g/mol. The molecular weight excluding hydrogens is 430 g/mol. The molecule has 1 aromatic carbocycles. The molecule has 162 valence electrons. The number of amides is 1. The second-order valence-corrected chi connectivity index (χ2v) is 10.1. The molecule has 1 aliphatic heterocycles. The Balaban J connectivity index is 1.45. The molecular formula is C23H25N3O3S2. The lowest BCUT2D eigenvalue weighted by molar-refractivity contribution is -0.116. The lowest BCUT2D eigenvalue weighted by Gasteiger charge is -2.22. The fourth-order valence-corrected chi connectivity index (χ4v) is 6.88. The van der Waals surface area contributed by atoms with E-state index < -0.39 is 0 Å². The molecule has 31 heavy (non-hydrogen) atoms. The van der Waals surface area contributed by atoms with Crippen molar-refractivity contribution in [1.29, 1.82) is 0 Å². The molecule has 0 radical (unpaired) electrons. The highest BCUT2D eigenvalue weighted by Gasteiger charge is 2.31. The van der Waals surface area contributed by atoms with Gasteiger partial charge in [0.05, 0.1) is 24.3 Å². The number of ether oxygens (including phenoxy) is 1. The lowest BCUT2D eigenvalue weighted by atomic mass is 10.1. The first-order valence-electron chi connectivity index (χ1n) is 10.6. The number of fused-ring (bicyclic) bond motifs is 4. The number of hydrogen-bond acceptors (Lipinski definition) is 6. The van der Waals surface area contributed by atoms with Crippen molar-refractivity contribution in [1.82, 2.24) is 9.55 Å². The number of nitrogens with zero attached hydrogens (tertiary/aromatic N) is 3. The van der Waals surface area contributed by atoms with Gasteiger partial charge in [-0.2, -0.15) is 0 Å². The average Bonchev–Trinajstić information content (AvgIpc) is 3.43. The van der Waals surface area contributed by atoms with Gasteiger partial charge in [0, 0.05) is 23.7 Å². The Hall–Kier alpha value is -2.16. The van der Waals surface area contributed by atoms with Crippen molar-refractivity contribution in [3.63, 3.8) is 0 Å². The van der Waals surface area contributed by atoms with Gasteiger partial charge in [-0.05, 0) is 49.8 Å². The summed E-state index contributed by atoms with van der Waals surface area (Å²) in [6.07, 6.45) is 3.96. The number of benzene rings is 1. The van der Waals surface area contributed by atoms with Crippen molar-refractivity contribution < 1.29 is 9.53 Å². The molecule has 3 heterocycles. The van der Waals surface area contributed by atoms with Crippen LogP contribution < -0.4 is 10.5 Å². The summed E-state index contributed by atoms with van der Waals surface area (Å²) in [7, 11) is 1.63. The first-order valence-corrected chi connectivity index (χ1v) is 12.5. The summed E-state index contributed by atoms with van der Waals surface area (Å²) in [5, 5.41) is 1.37. The van der Waals surface area contributed by atoms with Crippen LogP contribution in [0.25, 0.3) is 10.2 Å². The van der Waals surface area contributed by atoms with Crippen LogP contribution in [0.2, 0.25) is 0 Å². The minimum Gasteiger partial charge on any atom is -0.383 e. The fraction of sp³-hybridized carbons (Fsp3) is 0.435. The SMILES string of the molecule is COCCn1c(SCC(=O)N2c3ccccc3CC2C)nc2sc3c(c2c1=O)CCC3. The van der Waals surface area contributed by atoms with E-state index in [4.69, 9.17) is 9.72 Å². The van der Waals surface area contributed by atoms with Gasteiger partial charge < -0.3 is 9.64 Å². The number of carbonyl (C=O) groups excluding carboxylic acids is 1. The van der Waals surface area contributed by atoms with E-state index in [9.17, 15) is 9.59 Å². The van der Waals surface area contributed by atoms with E-state index in [0.29, 0.717) is 18.3 Å². The predicted octanol–water partition coefficient (Wildman–Crippen LogP) is 3.66. The second-order valence-electron chi connectivity index (χ2n) is 8.12. The third-order valence-corrected chi connectivity index (χ3v) is 8.26. The van der Waals surface area contributed by atoms with Gasteiger partial charge in [0.15, 0.2) is 5.16 Å². The number of aryl methyl sites for hydroxylation is 2. The van der Waals surface area contributed by atoms with Crippen LogP contribution in [-0.2, 0) is 35.3 Å². The number of thiophene rings is 1. The Kier molecular flexibility index (Phi) is 5.62. The first-order chi connectivity index (χ1) is 15.1. The molecule has 1 aliphatic carbocycles. The maximum absolute atomic E-state index is 13.4. The molecule has 8 heteroatoms. The van der Waals surface area contributed by atoms with Crippen LogP contribution >= 0.6 is 23.1 Å². The smallest absolute Gasteiger partial charge is 0.263 e. The van der Waals surface area contributed by atoms with Gasteiger partial charge >= 0.3 is 0 Å². The fourth-order valence-electron chi connectivity index (χ4n) is 4.69. The summed E-state index contributed by atoms with van der Waals surface area (Å²) in [5.41, 5.74) is 3.38. The van der Waals surface area contributed by atoms with Crippen LogP contribution in [0.15, 0.2) is 34.2 Å². The van der Waals surface area contributed by atoms with Gasteiger partial charge in [0.1, 0.15) is 4.83 Å². The average molecular weight is 456 g/mol. The molecule has 1 amide bonds. The number of thioether (sulfide) groups is 1. The van der Waals surface area contributed by atoms with E-state index >= 15 is 0 Å². The van der Waals surface area contributed by atoms with Crippen molar-refractivity contribution in [2.24, 2.45) is 0 Å². The number of anilines is 1. The first kappa shape index (κ1) is 20.7. The topological polar surface area (TPSA) is 64.4 Å². The number of rotatable bonds is 6. The van der Waals surface area contributed by atoms with E-state index in [0.717, 1.165) is 41.6 Å². The van der Waals surface area contributed by atoms with Crippen LogP contribution in [0.3, 0.4) is 0 Å². The largest absolute Gasteiger partial charge is 0.383 e. The number of para-hydroxylation sites is 1. The van der Waals surface area contributed by atoms with Crippen LogP contribution in [0.1, 0.15) is 29.3 Å². The summed E-state index contributed by atoms with van der Waals surface area (Å²) >= 11 is 2.98. The minimum atomic E-state index is -0.00344. The second kappa shape index (κ2) is 8.41.